The molecule has 2 aliphatic heterocycles. The minimum absolute atomic E-state index is 0. The molecule has 4 amide bonds. The van der Waals surface area contributed by atoms with Gasteiger partial charge in [-0.2, -0.15) is 0 Å². The van der Waals surface area contributed by atoms with Crippen molar-refractivity contribution in [1.29, 1.82) is 0 Å². The van der Waals surface area contributed by atoms with Crippen molar-refractivity contribution in [2.24, 2.45) is 5.92 Å². The first-order valence-electron chi connectivity index (χ1n) is 15.0. The third-order valence-corrected chi connectivity index (χ3v) is 9.74. The van der Waals surface area contributed by atoms with Crippen LogP contribution in [-0.4, -0.2) is 70.2 Å². The Labute approximate surface area is 266 Å². The molecule has 1 atom stereocenters. The van der Waals surface area contributed by atoms with Crippen LogP contribution in [-0.2, 0) is 16.1 Å². The van der Waals surface area contributed by atoms with Crippen LogP contribution in [0.4, 0.5) is 13.6 Å². The number of halogens is 4. The fourth-order valence-electron chi connectivity index (χ4n) is 6.67. The number of amides is 4. The predicted molar refractivity (Wildman–Crippen MR) is 167 cm³/mol. The average Bonchev–Trinajstić information content (AvgIpc) is 3.17. The van der Waals surface area contributed by atoms with Crippen LogP contribution in [0.2, 0.25) is 0 Å². The predicted octanol–water partition coefficient (Wildman–Crippen LogP) is 6.56. The van der Waals surface area contributed by atoms with Crippen molar-refractivity contribution in [1.82, 2.24) is 20.0 Å². The van der Waals surface area contributed by atoms with Crippen LogP contribution >= 0.6 is 28.3 Å². The molecule has 0 aromatic heterocycles. The van der Waals surface area contributed by atoms with Crippen molar-refractivity contribution in [2.45, 2.75) is 75.9 Å². The van der Waals surface area contributed by atoms with Crippen LogP contribution in [0.5, 0.6) is 0 Å². The van der Waals surface area contributed by atoms with E-state index in [2.05, 4.69) is 26.1 Å². The Bertz CT molecular complexity index is 1270. The van der Waals surface area contributed by atoms with Crippen molar-refractivity contribution < 1.29 is 23.2 Å². The lowest BCUT2D eigenvalue weighted by molar-refractivity contribution is -0.136. The summed E-state index contributed by atoms with van der Waals surface area (Å²) in [4.78, 5) is 45.6. The maximum Gasteiger partial charge on any atom is 0.327 e. The Hall–Kier alpha value is -2.56. The van der Waals surface area contributed by atoms with E-state index in [0.29, 0.717) is 45.4 Å². The molecule has 3 aliphatic rings. The lowest BCUT2D eigenvalue weighted by Crippen LogP contribution is -2.56. The molecule has 11 heteroatoms. The van der Waals surface area contributed by atoms with E-state index in [0.717, 1.165) is 15.6 Å². The summed E-state index contributed by atoms with van der Waals surface area (Å²) in [6.45, 7) is 4.67. The molecule has 3 fully saturated rings. The smallest absolute Gasteiger partial charge is 0.327 e. The zero-order valence-electron chi connectivity index (χ0n) is 24.4. The van der Waals surface area contributed by atoms with Crippen LogP contribution in [0.1, 0.15) is 69.0 Å². The van der Waals surface area contributed by atoms with Crippen molar-refractivity contribution >= 4 is 46.2 Å². The van der Waals surface area contributed by atoms with E-state index in [-0.39, 0.29) is 68.5 Å². The highest BCUT2D eigenvalue weighted by molar-refractivity contribution is 9.10. The fourth-order valence-corrected chi connectivity index (χ4v) is 6.94. The zero-order chi connectivity index (χ0) is 29.9. The number of nitrogens with one attached hydrogen (secondary N) is 1. The second-order valence-electron chi connectivity index (χ2n) is 11.8. The number of nitrogens with zero attached hydrogens (tertiary/aromatic N) is 3. The molecule has 2 aromatic rings. The van der Waals surface area contributed by atoms with Crippen molar-refractivity contribution in [3.8, 4) is 0 Å². The number of hydrogen-bond acceptors (Lipinski definition) is 4. The van der Waals surface area contributed by atoms with Gasteiger partial charge in [0, 0.05) is 49.4 Å². The number of rotatable bonds is 9. The van der Waals surface area contributed by atoms with E-state index in [4.69, 9.17) is 0 Å². The van der Waals surface area contributed by atoms with Gasteiger partial charge in [-0.25, -0.2) is 13.6 Å². The summed E-state index contributed by atoms with van der Waals surface area (Å²) in [6.07, 6.45) is 1.69. The second-order valence-corrected chi connectivity index (χ2v) is 12.7. The third kappa shape index (κ3) is 7.40. The van der Waals surface area contributed by atoms with Gasteiger partial charge in [-0.15, -0.1) is 12.4 Å². The maximum atomic E-state index is 13.7. The highest BCUT2D eigenvalue weighted by Crippen LogP contribution is 2.39. The number of likely N-dealkylation sites (tertiary alicyclic amines) is 1. The summed E-state index contributed by atoms with van der Waals surface area (Å²) in [5, 5.41) is 3.15. The van der Waals surface area contributed by atoms with Crippen molar-refractivity contribution in [3.63, 3.8) is 0 Å². The van der Waals surface area contributed by atoms with E-state index < -0.39 is 17.4 Å². The minimum Gasteiger partial charge on any atom is -0.349 e. The summed E-state index contributed by atoms with van der Waals surface area (Å²) in [6, 6.07) is 16.9. The monoisotopic (exact) mass is 680 g/mol. The number of carbonyl (C=O) groups excluding carboxylic acids is 3. The molecular weight excluding hydrogens is 642 g/mol. The molecule has 1 N–H and O–H groups in total. The molecule has 1 aliphatic carbocycles. The highest BCUT2D eigenvalue weighted by atomic mass is 79.9. The summed E-state index contributed by atoms with van der Waals surface area (Å²) in [5.74, 6) is -3.34. The number of likely N-dealkylation sites (N-methyl/N-ethyl adjacent to an activating group) is 1. The van der Waals surface area contributed by atoms with Crippen molar-refractivity contribution in [2.75, 3.05) is 26.2 Å². The molecule has 0 unspecified atom stereocenters. The van der Waals surface area contributed by atoms with Gasteiger partial charge in [0.15, 0.2) is 0 Å². The molecule has 7 nitrogen and oxygen atoms in total. The summed E-state index contributed by atoms with van der Waals surface area (Å²) in [7, 11) is 0. The number of imide groups is 1. The number of piperidine rings is 1. The first-order chi connectivity index (χ1) is 20.1. The van der Waals surface area contributed by atoms with Gasteiger partial charge in [0.05, 0.1) is 12.6 Å². The molecule has 5 rings (SSSR count). The van der Waals surface area contributed by atoms with Crippen molar-refractivity contribution in [3.05, 3.63) is 70.2 Å². The molecule has 1 spiro atoms. The molecule has 1 saturated carbocycles. The maximum absolute atomic E-state index is 13.7. The summed E-state index contributed by atoms with van der Waals surface area (Å²) in [5.41, 5.74) is 1.06. The Kier molecular flexibility index (Phi) is 10.9. The van der Waals surface area contributed by atoms with Gasteiger partial charge in [-0.05, 0) is 62.3 Å². The number of carbonyl (C=O) groups is 3. The number of hydrogen-bond donors (Lipinski definition) is 1. The summed E-state index contributed by atoms with van der Waals surface area (Å²) >= 11 is 3.43. The van der Waals surface area contributed by atoms with Crippen LogP contribution in [0, 0.1) is 5.92 Å². The third-order valence-electron chi connectivity index (χ3n) is 9.22. The van der Waals surface area contributed by atoms with Gasteiger partial charge in [-0.3, -0.25) is 14.5 Å². The first-order valence-corrected chi connectivity index (χ1v) is 15.7. The van der Waals surface area contributed by atoms with Crippen LogP contribution < -0.4 is 5.32 Å². The van der Waals surface area contributed by atoms with Gasteiger partial charge in [0.2, 0.25) is 11.8 Å². The number of benzene rings is 2. The Morgan fingerprint density at radius 1 is 1.00 bits per heavy atom. The van der Waals surface area contributed by atoms with E-state index in [9.17, 15) is 23.2 Å². The lowest BCUT2D eigenvalue weighted by Gasteiger charge is -2.42. The zero-order valence-corrected chi connectivity index (χ0v) is 26.8. The van der Waals surface area contributed by atoms with Crippen LogP contribution in [0.3, 0.4) is 0 Å². The SMILES string of the molecule is CCN1C(=O)N(Cc2ccc(Br)cc2)C(=O)C12CCN(CC[C@H](NC(=O)C1CCC(F)(F)CC1)c1ccccc1)CC2.Cl. The van der Waals surface area contributed by atoms with Crippen LogP contribution in [0.15, 0.2) is 59.1 Å². The van der Waals surface area contributed by atoms with Gasteiger partial charge in [0.1, 0.15) is 5.54 Å². The van der Waals surface area contributed by atoms with Gasteiger partial charge < -0.3 is 15.1 Å². The Morgan fingerprint density at radius 2 is 1.63 bits per heavy atom. The molecule has 234 valence electrons. The Morgan fingerprint density at radius 3 is 2.23 bits per heavy atom. The standard InChI is InChI=1S/C32H39BrF2N4O3.ClH/c1-2-39-30(42)38(22-23-8-10-26(33)11-9-23)29(41)31(39)17-20-37(21-18-31)19-14-27(24-6-4-3-5-7-24)36-28(40)25-12-15-32(34,35)16-13-25;/h3-11,25,27H,2,12-22H2,1H3,(H,36,40);1H/t27-;/m0./s1. The molecule has 2 saturated heterocycles. The second kappa shape index (κ2) is 14.0. The lowest BCUT2D eigenvalue weighted by atomic mass is 9.85. The first kappa shape index (κ1) is 33.3. The molecular formula is C32H40BrClF2N4O3. The number of urea groups is 1. The quantitative estimate of drug-likeness (QED) is 0.305. The topological polar surface area (TPSA) is 73.0 Å². The average molecular weight is 682 g/mol. The molecule has 0 bridgehead atoms. The highest BCUT2D eigenvalue weighted by Gasteiger charge is 2.57. The summed E-state index contributed by atoms with van der Waals surface area (Å²) < 4.78 is 28.2. The van der Waals surface area contributed by atoms with Crippen LogP contribution in [0.25, 0.3) is 0 Å². The van der Waals surface area contributed by atoms with E-state index in [1.165, 1.54) is 4.90 Å². The number of alkyl halides is 2. The van der Waals surface area contributed by atoms with Gasteiger partial charge >= 0.3 is 6.03 Å². The van der Waals surface area contributed by atoms with E-state index >= 15 is 0 Å². The van der Waals surface area contributed by atoms with Gasteiger partial charge in [-0.1, -0.05) is 58.4 Å². The van der Waals surface area contributed by atoms with E-state index in [1.807, 2.05) is 61.5 Å². The minimum atomic E-state index is -2.67. The molecule has 43 heavy (non-hydrogen) atoms. The fraction of sp³-hybridized carbons (Fsp3) is 0.531. The molecule has 2 heterocycles. The largest absolute Gasteiger partial charge is 0.349 e. The Balaban J connectivity index is 0.00000423. The van der Waals surface area contributed by atoms with Gasteiger partial charge in [0.25, 0.3) is 5.91 Å². The normalized spacial score (nSPS) is 21.1. The molecule has 2 aromatic carbocycles. The van der Waals surface area contributed by atoms with E-state index in [1.54, 1.807) is 4.90 Å². The molecule has 0 radical (unpaired) electrons.